The molecule has 1 aromatic carbocycles. The van der Waals surface area contributed by atoms with E-state index in [1.165, 1.54) is 24.8 Å². The largest absolute Gasteiger partial charge is 0.463 e. The third-order valence-electron chi connectivity index (χ3n) is 4.51. The SMILES string of the molecule is C=C(CC[C@H]1CCC[C@@H]1c1ccc(C#N)cc1)C(=O)OCC. The van der Waals surface area contributed by atoms with Gasteiger partial charge in [0.05, 0.1) is 18.2 Å². The quantitative estimate of drug-likeness (QED) is 0.579. The second-order valence-electron chi connectivity index (χ2n) is 5.89. The molecule has 3 nitrogen and oxygen atoms in total. The summed E-state index contributed by atoms with van der Waals surface area (Å²) in [5.74, 6) is 0.845. The number of carbonyl (C=O) groups excluding carboxylic acids is 1. The number of hydrogen-bond acceptors (Lipinski definition) is 3. The standard InChI is InChI=1S/C19H23NO2/c1-3-22-19(21)14(2)7-10-16-5-4-6-18(16)17-11-8-15(13-20)9-12-17/h8-9,11-12,16,18H,2-7,10H2,1H3/t16-,18+/m1/s1. The van der Waals surface area contributed by atoms with E-state index in [2.05, 4.69) is 24.8 Å². The van der Waals surface area contributed by atoms with Crippen LogP contribution >= 0.6 is 0 Å². The van der Waals surface area contributed by atoms with E-state index in [0.717, 1.165) is 6.42 Å². The van der Waals surface area contributed by atoms with Gasteiger partial charge >= 0.3 is 5.97 Å². The van der Waals surface area contributed by atoms with Gasteiger partial charge in [0.2, 0.25) is 0 Å². The summed E-state index contributed by atoms with van der Waals surface area (Å²) in [5.41, 5.74) is 2.59. The Bertz CT molecular complexity index is 568. The van der Waals surface area contributed by atoms with E-state index in [1.807, 2.05) is 19.1 Å². The van der Waals surface area contributed by atoms with Crippen LogP contribution in [0, 0.1) is 17.2 Å². The smallest absolute Gasteiger partial charge is 0.333 e. The van der Waals surface area contributed by atoms with Crippen LogP contribution in [0.15, 0.2) is 36.4 Å². The highest BCUT2D eigenvalue weighted by Crippen LogP contribution is 2.42. The summed E-state index contributed by atoms with van der Waals surface area (Å²) >= 11 is 0. The first-order chi connectivity index (χ1) is 10.7. The van der Waals surface area contributed by atoms with Crippen molar-refractivity contribution in [1.82, 2.24) is 0 Å². The molecule has 2 rings (SSSR count). The fraction of sp³-hybridized carbons (Fsp3) is 0.474. The van der Waals surface area contributed by atoms with Gasteiger partial charge in [-0.3, -0.25) is 0 Å². The van der Waals surface area contributed by atoms with Crippen LogP contribution in [-0.2, 0) is 9.53 Å². The van der Waals surface area contributed by atoms with Crippen LogP contribution < -0.4 is 0 Å². The van der Waals surface area contributed by atoms with Gasteiger partial charge in [0, 0.05) is 5.57 Å². The van der Waals surface area contributed by atoms with Crippen LogP contribution in [0.1, 0.15) is 56.1 Å². The minimum Gasteiger partial charge on any atom is -0.463 e. The zero-order valence-electron chi connectivity index (χ0n) is 13.2. The first kappa shape index (κ1) is 16.3. The van der Waals surface area contributed by atoms with Crippen molar-refractivity contribution in [2.45, 2.75) is 44.9 Å². The van der Waals surface area contributed by atoms with Gasteiger partial charge in [-0.1, -0.05) is 25.1 Å². The molecule has 0 N–H and O–H groups in total. The number of benzene rings is 1. The summed E-state index contributed by atoms with van der Waals surface area (Å²) in [6.45, 7) is 6.05. The van der Waals surface area contributed by atoms with Gasteiger partial charge in [-0.05, 0) is 62.1 Å². The van der Waals surface area contributed by atoms with E-state index >= 15 is 0 Å². The van der Waals surface area contributed by atoms with Gasteiger partial charge in [-0.2, -0.15) is 5.26 Å². The van der Waals surface area contributed by atoms with Crippen molar-refractivity contribution in [3.05, 3.63) is 47.5 Å². The average Bonchev–Trinajstić information content (AvgIpc) is 3.01. The van der Waals surface area contributed by atoms with E-state index in [9.17, 15) is 4.79 Å². The molecule has 1 aromatic rings. The number of hydrogen-bond donors (Lipinski definition) is 0. The lowest BCUT2D eigenvalue weighted by atomic mass is 9.85. The molecule has 1 saturated carbocycles. The van der Waals surface area contributed by atoms with Gasteiger partial charge in [-0.25, -0.2) is 4.79 Å². The van der Waals surface area contributed by atoms with Crippen molar-refractivity contribution < 1.29 is 9.53 Å². The molecular formula is C19H23NO2. The summed E-state index contributed by atoms with van der Waals surface area (Å²) < 4.78 is 4.99. The van der Waals surface area contributed by atoms with Crippen LogP contribution in [0.5, 0.6) is 0 Å². The predicted octanol–water partition coefficient (Wildman–Crippen LogP) is 4.34. The molecule has 3 heteroatoms. The van der Waals surface area contributed by atoms with E-state index in [1.54, 1.807) is 0 Å². The molecule has 2 atom stereocenters. The highest BCUT2D eigenvalue weighted by Gasteiger charge is 2.28. The lowest BCUT2D eigenvalue weighted by Gasteiger charge is -2.20. The fourth-order valence-corrected chi connectivity index (χ4v) is 3.32. The molecule has 0 aliphatic heterocycles. The van der Waals surface area contributed by atoms with Gasteiger partial charge in [0.1, 0.15) is 0 Å². The topological polar surface area (TPSA) is 50.1 Å². The maximum Gasteiger partial charge on any atom is 0.333 e. The molecule has 1 fully saturated rings. The number of ether oxygens (including phenoxy) is 1. The summed E-state index contributed by atoms with van der Waals surface area (Å²) in [6.07, 6.45) is 5.28. The number of carbonyl (C=O) groups is 1. The van der Waals surface area contributed by atoms with E-state index in [-0.39, 0.29) is 5.97 Å². The summed E-state index contributed by atoms with van der Waals surface area (Å²) in [7, 11) is 0. The average molecular weight is 297 g/mol. The number of rotatable bonds is 6. The van der Waals surface area contributed by atoms with Crippen LogP contribution in [0.3, 0.4) is 0 Å². The van der Waals surface area contributed by atoms with Crippen molar-refractivity contribution in [3.8, 4) is 6.07 Å². The highest BCUT2D eigenvalue weighted by molar-refractivity contribution is 5.87. The zero-order valence-corrected chi connectivity index (χ0v) is 13.2. The molecule has 0 heterocycles. The molecule has 1 aliphatic rings. The van der Waals surface area contributed by atoms with Crippen molar-refractivity contribution in [3.63, 3.8) is 0 Å². The van der Waals surface area contributed by atoms with Crippen LogP contribution in [-0.4, -0.2) is 12.6 Å². The van der Waals surface area contributed by atoms with E-state index in [4.69, 9.17) is 10.00 Å². The molecule has 1 aliphatic carbocycles. The summed E-state index contributed by atoms with van der Waals surface area (Å²) in [5, 5.41) is 8.88. The first-order valence-corrected chi connectivity index (χ1v) is 8.00. The molecule has 0 spiro atoms. The molecule has 0 amide bonds. The maximum absolute atomic E-state index is 11.6. The van der Waals surface area contributed by atoms with Gasteiger partial charge in [0.15, 0.2) is 0 Å². The third-order valence-corrected chi connectivity index (χ3v) is 4.51. The Balaban J connectivity index is 1.94. The van der Waals surface area contributed by atoms with Gasteiger partial charge in [0.25, 0.3) is 0 Å². The van der Waals surface area contributed by atoms with Crippen LogP contribution in [0.4, 0.5) is 0 Å². The Hall–Kier alpha value is -2.08. The number of nitrogens with zero attached hydrogens (tertiary/aromatic N) is 1. The third kappa shape index (κ3) is 3.98. The second kappa shape index (κ2) is 7.79. The Morgan fingerprint density at radius 1 is 1.36 bits per heavy atom. The minimum absolute atomic E-state index is 0.268. The minimum atomic E-state index is -0.268. The fourth-order valence-electron chi connectivity index (χ4n) is 3.32. The zero-order chi connectivity index (χ0) is 15.9. The highest BCUT2D eigenvalue weighted by atomic mass is 16.5. The monoisotopic (exact) mass is 297 g/mol. The molecule has 0 radical (unpaired) electrons. The maximum atomic E-state index is 11.6. The van der Waals surface area contributed by atoms with Crippen LogP contribution in [0.2, 0.25) is 0 Å². The Labute approximate surface area is 132 Å². The van der Waals surface area contributed by atoms with Crippen molar-refractivity contribution in [2.75, 3.05) is 6.61 Å². The molecule has 22 heavy (non-hydrogen) atoms. The lowest BCUT2D eigenvalue weighted by Crippen LogP contribution is -2.11. The predicted molar refractivity (Wildman–Crippen MR) is 86.2 cm³/mol. The van der Waals surface area contributed by atoms with Crippen molar-refractivity contribution in [2.24, 2.45) is 5.92 Å². The Morgan fingerprint density at radius 2 is 2.09 bits per heavy atom. The van der Waals surface area contributed by atoms with Crippen LogP contribution in [0.25, 0.3) is 0 Å². The van der Waals surface area contributed by atoms with Gasteiger partial charge < -0.3 is 4.74 Å². The Morgan fingerprint density at radius 3 is 2.73 bits per heavy atom. The van der Waals surface area contributed by atoms with E-state index in [0.29, 0.717) is 36.0 Å². The first-order valence-electron chi connectivity index (χ1n) is 8.00. The molecule has 0 bridgehead atoms. The number of nitriles is 1. The van der Waals surface area contributed by atoms with Crippen molar-refractivity contribution >= 4 is 5.97 Å². The Kier molecular flexibility index (Phi) is 5.77. The lowest BCUT2D eigenvalue weighted by molar-refractivity contribution is -0.138. The van der Waals surface area contributed by atoms with Gasteiger partial charge in [-0.15, -0.1) is 0 Å². The molecule has 0 unspecified atom stereocenters. The molecule has 0 aromatic heterocycles. The molecular weight excluding hydrogens is 274 g/mol. The normalized spacial score (nSPS) is 20.4. The van der Waals surface area contributed by atoms with Crippen molar-refractivity contribution in [1.29, 1.82) is 5.26 Å². The summed E-state index contributed by atoms with van der Waals surface area (Å²) in [6, 6.07) is 10.1. The number of esters is 1. The second-order valence-corrected chi connectivity index (χ2v) is 5.89. The summed E-state index contributed by atoms with van der Waals surface area (Å²) in [4.78, 5) is 11.6. The van der Waals surface area contributed by atoms with E-state index < -0.39 is 0 Å². The molecule has 0 saturated heterocycles. The molecule has 116 valence electrons.